The molecule has 0 saturated carbocycles. The number of nitrogens with one attached hydrogen (secondary N) is 4. The SMILES string of the molecule is CC.CCC(=O)Nc1cc(N)cc(N)c1.CCC(=O)Nc1cc(NC(=O)CC)cc(NC(=O)CC)c1.CN=S.CN=S.CN=S.Nc1cc(N)cc(N)c1. The molecule has 0 fully saturated rings. The lowest BCUT2D eigenvalue weighted by Crippen LogP contribution is -2.14. The van der Waals surface area contributed by atoms with E-state index in [0.717, 1.165) is 0 Å². The van der Waals surface area contributed by atoms with Crippen LogP contribution in [0.15, 0.2) is 67.7 Å². The lowest BCUT2D eigenvalue weighted by molar-refractivity contribution is -0.116. The molecule has 19 heteroatoms. The third-order valence-electron chi connectivity index (χ3n) is 5.33. The number of rotatable bonds is 8. The van der Waals surface area contributed by atoms with Gasteiger partial charge in [-0.2, -0.15) is 0 Å². The monoisotopic (exact) mass is 806 g/mol. The van der Waals surface area contributed by atoms with Gasteiger partial charge in [-0.1, -0.05) is 41.5 Å². The van der Waals surface area contributed by atoms with Gasteiger partial charge in [0.05, 0.1) is 0 Å². The fraction of sp³-hybridized carbons (Fsp3) is 0.371. The van der Waals surface area contributed by atoms with Gasteiger partial charge in [-0.05, 0) is 54.6 Å². The number of hydrogen-bond donors (Lipinski definition) is 9. The highest BCUT2D eigenvalue weighted by atomic mass is 32.1. The molecule has 300 valence electrons. The van der Waals surface area contributed by atoms with Crippen LogP contribution in [0.2, 0.25) is 0 Å². The second-order valence-corrected chi connectivity index (χ2v) is 10.9. The highest BCUT2D eigenvalue weighted by Gasteiger charge is 2.08. The minimum absolute atomic E-state index is 0.0509. The Morgan fingerprint density at radius 1 is 0.426 bits per heavy atom. The zero-order valence-electron chi connectivity index (χ0n) is 32.6. The molecule has 3 aromatic carbocycles. The van der Waals surface area contributed by atoms with Crippen LogP contribution in [0, 0.1) is 0 Å². The number of carbonyl (C=O) groups excluding carboxylic acids is 4. The summed E-state index contributed by atoms with van der Waals surface area (Å²) < 4.78 is 9.25. The first-order valence-electron chi connectivity index (χ1n) is 16.6. The average Bonchev–Trinajstić information content (AvgIpc) is 3.09. The van der Waals surface area contributed by atoms with E-state index in [-0.39, 0.29) is 23.6 Å². The van der Waals surface area contributed by atoms with E-state index in [9.17, 15) is 19.2 Å². The van der Waals surface area contributed by atoms with E-state index in [0.29, 0.717) is 76.9 Å². The van der Waals surface area contributed by atoms with Gasteiger partial charge in [0.2, 0.25) is 23.6 Å². The largest absolute Gasteiger partial charge is 0.399 e. The minimum atomic E-state index is -0.137. The third kappa shape index (κ3) is 32.5. The van der Waals surface area contributed by atoms with E-state index < -0.39 is 0 Å². The molecule has 0 aliphatic carbocycles. The van der Waals surface area contributed by atoms with Gasteiger partial charge >= 0.3 is 0 Å². The van der Waals surface area contributed by atoms with E-state index in [2.05, 4.69) is 71.6 Å². The summed E-state index contributed by atoms with van der Waals surface area (Å²) in [6.45, 7) is 11.0. The summed E-state index contributed by atoms with van der Waals surface area (Å²) in [6, 6.07) is 14.9. The van der Waals surface area contributed by atoms with Crippen molar-refractivity contribution in [1.29, 1.82) is 0 Å². The first-order chi connectivity index (χ1) is 25.5. The molecule has 4 amide bonds. The van der Waals surface area contributed by atoms with E-state index in [4.69, 9.17) is 28.7 Å². The molecule has 3 aromatic rings. The van der Waals surface area contributed by atoms with Gasteiger partial charge < -0.3 is 49.9 Å². The van der Waals surface area contributed by atoms with Gasteiger partial charge in [0.15, 0.2) is 0 Å². The van der Waals surface area contributed by atoms with Crippen LogP contribution in [0.1, 0.15) is 67.2 Å². The maximum absolute atomic E-state index is 11.5. The quantitative estimate of drug-likeness (QED) is 0.111. The normalized spacial score (nSPS) is 8.54. The van der Waals surface area contributed by atoms with E-state index >= 15 is 0 Å². The molecule has 0 atom stereocenters. The molecule has 54 heavy (non-hydrogen) atoms. The average molecular weight is 807 g/mol. The Kier molecular flexibility index (Phi) is 36.9. The number of anilines is 9. The first kappa shape index (κ1) is 55.4. The van der Waals surface area contributed by atoms with Crippen molar-refractivity contribution in [2.45, 2.75) is 67.2 Å². The Morgan fingerprint density at radius 3 is 0.741 bits per heavy atom. The third-order valence-corrected chi connectivity index (χ3v) is 5.33. The summed E-state index contributed by atoms with van der Waals surface area (Å²) in [5.41, 5.74) is 32.4. The van der Waals surface area contributed by atoms with Crippen molar-refractivity contribution >= 4 is 112 Å². The molecular formula is C35H58N12O4S3. The molecule has 3 rings (SSSR count). The second-order valence-electron chi connectivity index (χ2n) is 9.78. The van der Waals surface area contributed by atoms with Crippen LogP contribution in [0.4, 0.5) is 51.2 Å². The Morgan fingerprint density at radius 2 is 0.574 bits per heavy atom. The minimum Gasteiger partial charge on any atom is -0.399 e. The summed E-state index contributed by atoms with van der Waals surface area (Å²) >= 11 is 12.1. The molecule has 16 nitrogen and oxygen atoms in total. The summed E-state index contributed by atoms with van der Waals surface area (Å²) in [5.74, 6) is -0.463. The fourth-order valence-electron chi connectivity index (χ4n) is 3.29. The maximum Gasteiger partial charge on any atom is 0.224 e. The number of nitrogens with zero attached hydrogens (tertiary/aromatic N) is 3. The van der Waals surface area contributed by atoms with E-state index in [1.807, 2.05) is 13.8 Å². The zero-order chi connectivity index (χ0) is 42.6. The fourth-order valence-corrected chi connectivity index (χ4v) is 3.29. The van der Waals surface area contributed by atoms with Crippen molar-refractivity contribution in [3.05, 3.63) is 54.6 Å². The highest BCUT2D eigenvalue weighted by molar-refractivity contribution is 7.47. The van der Waals surface area contributed by atoms with Crippen LogP contribution >= 0.6 is 0 Å². The lowest BCUT2D eigenvalue weighted by Gasteiger charge is -2.12. The standard InChI is InChI=1S/C15H21N3O3.C9H13N3O.C6H9N3.C2H6.3CH3NS/c1-4-13(19)16-10-7-11(17-14(20)5-2)9-12(8-10)18-15(21)6-3;1-2-9(13)12-8-4-6(10)3-7(11)5-8;7-4-1-5(8)3-6(9)2-4;1-2;3*1-2-3/h7-9H,4-6H2,1-3H3,(H,16,19)(H,17,20)(H,18,21);3-5H,2,10-11H2,1H3,(H,12,13);1-3H,7-9H2;1-2H3;3*1H3. The molecule has 0 aliphatic heterocycles. The molecule has 0 heterocycles. The van der Waals surface area contributed by atoms with Crippen LogP contribution in [0.25, 0.3) is 0 Å². The Balaban J connectivity index is -0.000000323. The molecule has 0 radical (unpaired) electrons. The Hall–Kier alpha value is -5.40. The van der Waals surface area contributed by atoms with Gasteiger partial charge in [-0.15, -0.1) is 0 Å². The number of amides is 4. The van der Waals surface area contributed by atoms with Crippen LogP contribution < -0.4 is 49.9 Å². The van der Waals surface area contributed by atoms with Crippen molar-refractivity contribution in [3.8, 4) is 0 Å². The Bertz CT molecular complexity index is 1400. The van der Waals surface area contributed by atoms with Gasteiger partial charge in [0.25, 0.3) is 0 Å². The summed E-state index contributed by atoms with van der Waals surface area (Å²) in [5, 5.41) is 10.8. The Labute approximate surface area is 336 Å². The summed E-state index contributed by atoms with van der Waals surface area (Å²) in [6.07, 6.45) is 1.49. The van der Waals surface area contributed by atoms with Crippen LogP contribution in [0.3, 0.4) is 0 Å². The van der Waals surface area contributed by atoms with Crippen molar-refractivity contribution in [1.82, 2.24) is 0 Å². The number of benzene rings is 3. The second kappa shape index (κ2) is 36.0. The number of carbonyl (C=O) groups is 4. The van der Waals surface area contributed by atoms with Crippen molar-refractivity contribution in [3.63, 3.8) is 0 Å². The lowest BCUT2D eigenvalue weighted by atomic mass is 10.2. The summed E-state index contributed by atoms with van der Waals surface area (Å²) in [4.78, 5) is 45.4. The molecule has 0 aliphatic rings. The molecular weight excluding hydrogens is 749 g/mol. The molecule has 14 N–H and O–H groups in total. The maximum atomic E-state index is 11.5. The van der Waals surface area contributed by atoms with Gasteiger partial charge in [0, 0.05) is 135 Å². The van der Waals surface area contributed by atoms with E-state index in [1.165, 1.54) is 0 Å². The van der Waals surface area contributed by atoms with Crippen LogP contribution in [-0.4, -0.2) is 44.8 Å². The van der Waals surface area contributed by atoms with E-state index in [1.54, 1.807) is 103 Å². The molecule has 0 saturated heterocycles. The first-order valence-corrected chi connectivity index (χ1v) is 17.7. The van der Waals surface area contributed by atoms with Crippen molar-refractivity contribution < 1.29 is 19.2 Å². The van der Waals surface area contributed by atoms with Crippen LogP contribution in [0.5, 0.6) is 0 Å². The summed E-state index contributed by atoms with van der Waals surface area (Å²) in [7, 11) is 4.69. The van der Waals surface area contributed by atoms with Gasteiger partial charge in [-0.3, -0.25) is 19.2 Å². The molecule has 0 spiro atoms. The molecule has 0 unspecified atom stereocenters. The topological polar surface area (TPSA) is 284 Å². The molecule has 0 bridgehead atoms. The van der Waals surface area contributed by atoms with Crippen molar-refractivity contribution in [2.75, 3.05) is 71.1 Å². The predicted molar refractivity (Wildman–Crippen MR) is 236 cm³/mol. The zero-order valence-corrected chi connectivity index (χ0v) is 35.1. The predicted octanol–water partition coefficient (Wildman–Crippen LogP) is 6.43. The van der Waals surface area contributed by atoms with Gasteiger partial charge in [0.1, 0.15) is 0 Å². The number of nitrogen functional groups attached to an aromatic ring is 5. The van der Waals surface area contributed by atoms with Crippen molar-refractivity contribution in [2.24, 2.45) is 13.1 Å². The number of nitrogens with two attached hydrogens (primary N) is 5. The smallest absolute Gasteiger partial charge is 0.224 e. The molecule has 0 aromatic heterocycles. The van der Waals surface area contributed by atoms with Gasteiger partial charge in [-0.25, -0.2) is 13.1 Å². The van der Waals surface area contributed by atoms with Crippen LogP contribution in [-0.2, 0) is 56.5 Å². The number of hydrogen-bond acceptors (Lipinski definition) is 15. The highest BCUT2D eigenvalue weighted by Crippen LogP contribution is 2.23.